The number of halogens is 1. The Hall–Kier alpha value is -2.16. The van der Waals surface area contributed by atoms with Gasteiger partial charge in [0.25, 0.3) is 6.47 Å². The van der Waals surface area contributed by atoms with Gasteiger partial charge in [0.2, 0.25) is 0 Å². The van der Waals surface area contributed by atoms with E-state index in [0.29, 0.717) is 16.9 Å². The maximum atomic E-state index is 10.5. The standard InChI is InChI=1S/C18H23ClN4O2.CH2O2/c19-15-2-1-3-16(8-15)25-18-7-14-10-22(9-13(14)6-17(18)24)4-5-23-11-20-21-12-23;2-1-3/h1-3,8,11-14,17-18,24H,4-7,9-10H2;1H,(H,2,3)/t13-,14+,17+,18+;/m0./s1. The first kappa shape index (κ1) is 20.6. The van der Waals surface area contributed by atoms with Gasteiger partial charge < -0.3 is 24.4 Å². The van der Waals surface area contributed by atoms with E-state index in [1.54, 1.807) is 18.7 Å². The van der Waals surface area contributed by atoms with Crippen LogP contribution in [0.15, 0.2) is 36.9 Å². The Kier molecular flexibility index (Phi) is 7.24. The Bertz CT molecular complexity index is 745. The quantitative estimate of drug-likeness (QED) is 0.727. The van der Waals surface area contributed by atoms with Crippen molar-refractivity contribution in [1.82, 2.24) is 19.7 Å². The highest BCUT2D eigenvalue weighted by molar-refractivity contribution is 6.30. The van der Waals surface area contributed by atoms with Crippen molar-refractivity contribution in [3.63, 3.8) is 0 Å². The number of ether oxygens (including phenoxy) is 1. The van der Waals surface area contributed by atoms with Crippen LogP contribution in [0.1, 0.15) is 12.8 Å². The van der Waals surface area contributed by atoms with E-state index in [2.05, 4.69) is 15.1 Å². The van der Waals surface area contributed by atoms with E-state index in [9.17, 15) is 5.11 Å². The van der Waals surface area contributed by atoms with Crippen LogP contribution in [0.25, 0.3) is 0 Å². The lowest BCUT2D eigenvalue weighted by atomic mass is 9.78. The number of aliphatic hydroxyl groups excluding tert-OH is 1. The molecular weight excluding hydrogens is 384 g/mol. The molecule has 1 aliphatic carbocycles. The molecule has 4 rings (SSSR count). The number of likely N-dealkylation sites (tertiary alicyclic amines) is 1. The van der Waals surface area contributed by atoms with E-state index < -0.39 is 6.10 Å². The first-order chi connectivity index (χ1) is 13.6. The average Bonchev–Trinajstić information content (AvgIpc) is 3.30. The minimum atomic E-state index is -0.418. The van der Waals surface area contributed by atoms with Crippen LogP contribution < -0.4 is 4.74 Å². The van der Waals surface area contributed by atoms with Crippen LogP contribution in [0, 0.1) is 11.8 Å². The number of carboxylic acid groups (broad SMARTS) is 1. The van der Waals surface area contributed by atoms with Gasteiger partial charge in [-0.3, -0.25) is 4.79 Å². The molecule has 28 heavy (non-hydrogen) atoms. The highest BCUT2D eigenvalue weighted by atomic mass is 35.5. The third-order valence-electron chi connectivity index (χ3n) is 5.39. The number of carbonyl (C=O) groups is 1. The molecule has 4 atom stereocenters. The van der Waals surface area contributed by atoms with Crippen LogP contribution in [0.2, 0.25) is 5.02 Å². The largest absolute Gasteiger partial charge is 0.488 e. The van der Waals surface area contributed by atoms with Gasteiger partial charge in [0.05, 0.1) is 6.10 Å². The molecule has 8 nitrogen and oxygen atoms in total. The Labute approximate surface area is 168 Å². The SMILES string of the molecule is O=CO.O[C@@H]1C[C@H]2CN(CCn3cnnc3)C[C@H]2C[C@H]1Oc1cccc(Cl)c1. The Morgan fingerprint density at radius 3 is 2.54 bits per heavy atom. The molecule has 152 valence electrons. The molecule has 0 amide bonds. The Morgan fingerprint density at radius 1 is 1.18 bits per heavy atom. The van der Waals surface area contributed by atoms with Gasteiger partial charge in [-0.15, -0.1) is 10.2 Å². The molecule has 1 saturated carbocycles. The number of nitrogens with zero attached hydrogens (tertiary/aromatic N) is 4. The number of hydrogen-bond acceptors (Lipinski definition) is 6. The molecule has 2 fully saturated rings. The molecule has 9 heteroatoms. The summed E-state index contributed by atoms with van der Waals surface area (Å²) in [5, 5.41) is 25.7. The molecule has 2 heterocycles. The zero-order chi connectivity index (χ0) is 19.9. The normalized spacial score (nSPS) is 26.8. The molecule has 1 aromatic carbocycles. The first-order valence-corrected chi connectivity index (χ1v) is 9.69. The summed E-state index contributed by atoms with van der Waals surface area (Å²) in [5.41, 5.74) is 0. The summed E-state index contributed by atoms with van der Waals surface area (Å²) in [6.07, 6.45) is 4.62. The molecule has 1 aliphatic heterocycles. The molecule has 0 bridgehead atoms. The fraction of sp³-hybridized carbons (Fsp3) is 0.526. The summed E-state index contributed by atoms with van der Waals surface area (Å²) >= 11 is 6.02. The average molecular weight is 409 g/mol. The van der Waals surface area contributed by atoms with Crippen molar-refractivity contribution in [2.75, 3.05) is 19.6 Å². The highest BCUT2D eigenvalue weighted by Crippen LogP contribution is 2.38. The molecule has 1 aromatic heterocycles. The van der Waals surface area contributed by atoms with Gasteiger partial charge in [-0.25, -0.2) is 0 Å². The van der Waals surface area contributed by atoms with Crippen LogP contribution in [0.4, 0.5) is 0 Å². The first-order valence-electron chi connectivity index (χ1n) is 9.32. The highest BCUT2D eigenvalue weighted by Gasteiger charge is 2.42. The van der Waals surface area contributed by atoms with Crippen molar-refractivity contribution in [1.29, 1.82) is 0 Å². The topological polar surface area (TPSA) is 101 Å². The summed E-state index contributed by atoms with van der Waals surface area (Å²) < 4.78 is 8.04. The van der Waals surface area contributed by atoms with Crippen LogP contribution in [-0.2, 0) is 11.3 Å². The van der Waals surface area contributed by atoms with Crippen molar-refractivity contribution in [2.45, 2.75) is 31.6 Å². The predicted molar refractivity (Wildman–Crippen MR) is 103 cm³/mol. The molecule has 2 aromatic rings. The number of rotatable bonds is 5. The number of fused-ring (bicyclic) bond motifs is 1. The van der Waals surface area contributed by atoms with E-state index in [0.717, 1.165) is 44.8 Å². The number of aromatic nitrogens is 3. The second-order valence-electron chi connectivity index (χ2n) is 7.24. The molecule has 2 aliphatic rings. The fourth-order valence-electron chi connectivity index (χ4n) is 4.11. The van der Waals surface area contributed by atoms with Gasteiger partial charge in [0.1, 0.15) is 24.5 Å². The lowest BCUT2D eigenvalue weighted by Gasteiger charge is -2.35. The number of aliphatic hydroxyl groups is 1. The van der Waals surface area contributed by atoms with Gasteiger partial charge in [0.15, 0.2) is 0 Å². The fourth-order valence-corrected chi connectivity index (χ4v) is 4.29. The summed E-state index contributed by atoms with van der Waals surface area (Å²) in [4.78, 5) is 10.8. The lowest BCUT2D eigenvalue weighted by Crippen LogP contribution is -2.42. The molecular formula is C19H25ClN4O4. The van der Waals surface area contributed by atoms with Crippen molar-refractivity contribution < 1.29 is 19.7 Å². The summed E-state index contributed by atoms with van der Waals surface area (Å²) in [6, 6.07) is 7.40. The van der Waals surface area contributed by atoms with E-state index >= 15 is 0 Å². The van der Waals surface area contributed by atoms with Crippen LogP contribution in [0.3, 0.4) is 0 Å². The lowest BCUT2D eigenvalue weighted by molar-refractivity contribution is -0.122. The smallest absolute Gasteiger partial charge is 0.290 e. The summed E-state index contributed by atoms with van der Waals surface area (Å²) in [6.45, 7) is 3.75. The van der Waals surface area contributed by atoms with Crippen molar-refractivity contribution >= 4 is 18.1 Å². The molecule has 2 N–H and O–H groups in total. The second-order valence-corrected chi connectivity index (χ2v) is 7.67. The number of hydrogen-bond donors (Lipinski definition) is 2. The zero-order valence-corrected chi connectivity index (χ0v) is 16.2. The van der Waals surface area contributed by atoms with Gasteiger partial charge >= 0.3 is 0 Å². The minimum absolute atomic E-state index is 0.155. The molecule has 0 radical (unpaired) electrons. The van der Waals surface area contributed by atoms with Crippen molar-refractivity contribution in [3.8, 4) is 5.75 Å². The molecule has 0 spiro atoms. The van der Waals surface area contributed by atoms with Gasteiger partial charge in [-0.1, -0.05) is 17.7 Å². The zero-order valence-electron chi connectivity index (χ0n) is 15.5. The van der Waals surface area contributed by atoms with Gasteiger partial charge in [-0.05, 0) is 42.9 Å². The van der Waals surface area contributed by atoms with E-state index in [4.69, 9.17) is 26.2 Å². The molecule has 1 saturated heterocycles. The van der Waals surface area contributed by atoms with Gasteiger partial charge in [0, 0.05) is 31.2 Å². The Morgan fingerprint density at radius 2 is 1.86 bits per heavy atom. The van der Waals surface area contributed by atoms with E-state index in [-0.39, 0.29) is 12.6 Å². The third kappa shape index (κ3) is 5.43. The second kappa shape index (κ2) is 9.86. The maximum absolute atomic E-state index is 10.5. The van der Waals surface area contributed by atoms with Crippen LogP contribution in [0.5, 0.6) is 5.75 Å². The molecule has 0 unspecified atom stereocenters. The van der Waals surface area contributed by atoms with E-state index in [1.165, 1.54) is 0 Å². The monoisotopic (exact) mass is 408 g/mol. The van der Waals surface area contributed by atoms with Crippen LogP contribution >= 0.6 is 11.6 Å². The van der Waals surface area contributed by atoms with Crippen LogP contribution in [-0.4, -0.2) is 68.2 Å². The third-order valence-corrected chi connectivity index (χ3v) is 5.62. The minimum Gasteiger partial charge on any atom is -0.488 e. The van der Waals surface area contributed by atoms with Gasteiger partial charge in [-0.2, -0.15) is 0 Å². The predicted octanol–water partition coefficient (Wildman–Crippen LogP) is 1.78. The summed E-state index contributed by atoms with van der Waals surface area (Å²) in [7, 11) is 0. The summed E-state index contributed by atoms with van der Waals surface area (Å²) in [5.74, 6) is 1.86. The van der Waals surface area contributed by atoms with Crippen molar-refractivity contribution in [3.05, 3.63) is 41.9 Å². The van der Waals surface area contributed by atoms with E-state index in [1.807, 2.05) is 22.8 Å². The number of benzene rings is 1. The maximum Gasteiger partial charge on any atom is 0.290 e. The van der Waals surface area contributed by atoms with Crippen molar-refractivity contribution in [2.24, 2.45) is 11.8 Å². The Balaban J connectivity index is 0.000000706.